The maximum Gasteiger partial charge on any atom is 0.241 e. The van der Waals surface area contributed by atoms with E-state index in [0.29, 0.717) is 43.7 Å². The Balaban J connectivity index is 1.64. The Morgan fingerprint density at radius 2 is 1.50 bits per heavy atom. The number of benzene rings is 2. The third-order valence-corrected chi connectivity index (χ3v) is 10.2. The number of ether oxygens (including phenoxy) is 1. The van der Waals surface area contributed by atoms with Gasteiger partial charge in [-0.15, -0.1) is 0 Å². The molecular formula is C26H37N3O5S2. The van der Waals surface area contributed by atoms with Gasteiger partial charge in [-0.05, 0) is 74.6 Å². The molecule has 0 saturated carbocycles. The van der Waals surface area contributed by atoms with Crippen LogP contribution in [0.1, 0.15) is 52.0 Å². The highest BCUT2D eigenvalue weighted by molar-refractivity contribution is 7.91. The Bertz CT molecular complexity index is 1260. The van der Waals surface area contributed by atoms with Gasteiger partial charge in [-0.2, -0.15) is 0 Å². The Labute approximate surface area is 215 Å². The minimum absolute atomic E-state index is 0.0190. The van der Waals surface area contributed by atoms with Crippen molar-refractivity contribution in [2.75, 3.05) is 31.2 Å². The molecule has 0 radical (unpaired) electrons. The third kappa shape index (κ3) is 5.94. The Morgan fingerprint density at radius 3 is 2.08 bits per heavy atom. The zero-order valence-electron chi connectivity index (χ0n) is 21.4. The molecule has 2 aliphatic rings. The van der Waals surface area contributed by atoms with E-state index in [4.69, 9.17) is 4.74 Å². The van der Waals surface area contributed by atoms with Crippen LogP contribution in [0.5, 0.6) is 0 Å². The van der Waals surface area contributed by atoms with Gasteiger partial charge in [-0.1, -0.05) is 19.9 Å². The number of nitrogens with one attached hydrogen (secondary N) is 2. The van der Waals surface area contributed by atoms with Gasteiger partial charge >= 0.3 is 0 Å². The molecular weight excluding hydrogens is 498 g/mol. The second-order valence-electron chi connectivity index (χ2n) is 10.2. The molecule has 2 aromatic rings. The zero-order chi connectivity index (χ0) is 26.1. The summed E-state index contributed by atoms with van der Waals surface area (Å²) < 4.78 is 61.8. The maximum absolute atomic E-state index is 13.5. The predicted octanol–water partition coefficient (Wildman–Crippen LogP) is 3.29. The standard InChI is InChI=1S/C26H37N3O5S2/c1-18(2)25-10-9-24(15-26(25)36(32,33)28-21-11-13-34-14-12-21)35(30,31)23-7-5-22(6-8-23)29-16-19(3)27-20(4)17-29/h5-10,15,18-21,27-28H,11-14,16-17H2,1-4H3. The van der Waals surface area contributed by atoms with Crippen molar-refractivity contribution in [2.45, 2.75) is 79.3 Å². The first-order chi connectivity index (χ1) is 17.0. The molecule has 2 unspecified atom stereocenters. The number of rotatable bonds is 7. The smallest absolute Gasteiger partial charge is 0.241 e. The molecule has 198 valence electrons. The van der Waals surface area contributed by atoms with Gasteiger partial charge in [0.25, 0.3) is 0 Å². The van der Waals surface area contributed by atoms with Crippen LogP contribution in [0.15, 0.2) is 57.2 Å². The molecule has 2 heterocycles. The molecule has 0 aliphatic carbocycles. The topological polar surface area (TPSA) is 105 Å². The largest absolute Gasteiger partial charge is 0.381 e. The molecule has 2 saturated heterocycles. The van der Waals surface area contributed by atoms with Gasteiger partial charge < -0.3 is 15.0 Å². The molecule has 0 bridgehead atoms. The highest BCUT2D eigenvalue weighted by Crippen LogP contribution is 2.31. The second kappa shape index (κ2) is 10.8. The third-order valence-electron chi connectivity index (χ3n) is 6.82. The summed E-state index contributed by atoms with van der Waals surface area (Å²) >= 11 is 0. The summed E-state index contributed by atoms with van der Waals surface area (Å²) in [6.07, 6.45) is 1.18. The van der Waals surface area contributed by atoms with Gasteiger partial charge in [0, 0.05) is 50.1 Å². The fourth-order valence-corrected chi connectivity index (χ4v) is 8.06. The Kier molecular flexibility index (Phi) is 8.11. The Hall–Kier alpha value is -1.98. The lowest BCUT2D eigenvalue weighted by Crippen LogP contribution is -2.54. The first-order valence-electron chi connectivity index (χ1n) is 12.6. The summed E-state index contributed by atoms with van der Waals surface area (Å²) in [5, 5.41) is 3.49. The van der Waals surface area contributed by atoms with E-state index < -0.39 is 19.9 Å². The van der Waals surface area contributed by atoms with Crippen molar-refractivity contribution in [1.29, 1.82) is 0 Å². The highest BCUT2D eigenvalue weighted by Gasteiger charge is 2.28. The molecule has 0 amide bonds. The molecule has 2 fully saturated rings. The zero-order valence-corrected chi connectivity index (χ0v) is 23.0. The first kappa shape index (κ1) is 27.1. The minimum atomic E-state index is -3.91. The quantitative estimate of drug-likeness (QED) is 0.561. The van der Waals surface area contributed by atoms with Crippen LogP contribution in [-0.4, -0.2) is 61.3 Å². The van der Waals surface area contributed by atoms with Crippen LogP contribution in [-0.2, 0) is 24.6 Å². The summed E-state index contributed by atoms with van der Waals surface area (Å²) in [6, 6.07) is 11.7. The van der Waals surface area contributed by atoms with E-state index in [2.05, 4.69) is 28.8 Å². The van der Waals surface area contributed by atoms with Crippen LogP contribution in [0.3, 0.4) is 0 Å². The number of hydrogen-bond donors (Lipinski definition) is 2. The maximum atomic E-state index is 13.5. The summed E-state index contributed by atoms with van der Waals surface area (Å²) in [6.45, 7) is 10.7. The van der Waals surface area contributed by atoms with Gasteiger partial charge in [0.05, 0.1) is 14.7 Å². The summed E-state index contributed by atoms with van der Waals surface area (Å²) in [7, 11) is -7.82. The van der Waals surface area contributed by atoms with Crippen LogP contribution < -0.4 is 14.9 Å². The van der Waals surface area contributed by atoms with Gasteiger partial charge in [0.15, 0.2) is 0 Å². The van der Waals surface area contributed by atoms with Gasteiger partial charge in [-0.3, -0.25) is 0 Å². The van der Waals surface area contributed by atoms with Crippen LogP contribution in [0.4, 0.5) is 5.69 Å². The van der Waals surface area contributed by atoms with Crippen LogP contribution >= 0.6 is 0 Å². The molecule has 10 heteroatoms. The lowest BCUT2D eigenvalue weighted by atomic mass is 10.0. The number of anilines is 1. The van der Waals surface area contributed by atoms with Crippen LogP contribution in [0, 0.1) is 0 Å². The Morgan fingerprint density at radius 1 is 0.917 bits per heavy atom. The first-order valence-corrected chi connectivity index (χ1v) is 15.5. The van der Waals surface area contributed by atoms with E-state index in [1.165, 1.54) is 12.1 Å². The van der Waals surface area contributed by atoms with Crippen molar-refractivity contribution in [3.05, 3.63) is 48.0 Å². The van der Waals surface area contributed by atoms with Crippen LogP contribution in [0.25, 0.3) is 0 Å². The highest BCUT2D eigenvalue weighted by atomic mass is 32.2. The lowest BCUT2D eigenvalue weighted by Gasteiger charge is -2.37. The molecule has 2 atom stereocenters. The van der Waals surface area contributed by atoms with Crippen molar-refractivity contribution in [3.8, 4) is 0 Å². The lowest BCUT2D eigenvalue weighted by molar-refractivity contribution is 0.0832. The second-order valence-corrected chi connectivity index (χ2v) is 13.9. The molecule has 2 aromatic carbocycles. The van der Waals surface area contributed by atoms with Crippen molar-refractivity contribution >= 4 is 25.5 Å². The van der Waals surface area contributed by atoms with E-state index in [-0.39, 0.29) is 26.6 Å². The molecule has 4 rings (SSSR count). The molecule has 0 aromatic heterocycles. The molecule has 8 nitrogen and oxygen atoms in total. The predicted molar refractivity (Wildman–Crippen MR) is 141 cm³/mol. The monoisotopic (exact) mass is 535 g/mol. The van der Waals surface area contributed by atoms with Gasteiger partial charge in [0.2, 0.25) is 19.9 Å². The van der Waals surface area contributed by atoms with Gasteiger partial charge in [-0.25, -0.2) is 21.6 Å². The van der Waals surface area contributed by atoms with E-state index in [0.717, 1.165) is 18.8 Å². The average Bonchev–Trinajstić information content (AvgIpc) is 2.83. The van der Waals surface area contributed by atoms with Crippen molar-refractivity contribution in [3.63, 3.8) is 0 Å². The van der Waals surface area contributed by atoms with Gasteiger partial charge in [0.1, 0.15) is 0 Å². The molecule has 36 heavy (non-hydrogen) atoms. The SMILES string of the molecule is CC1CN(c2ccc(S(=O)(=O)c3ccc(C(C)C)c(S(=O)(=O)NC4CCOCC4)c3)cc2)CC(C)N1. The number of nitrogens with zero attached hydrogens (tertiary/aromatic N) is 1. The molecule has 2 N–H and O–H groups in total. The fraction of sp³-hybridized carbons (Fsp3) is 0.538. The fourth-order valence-electron chi connectivity index (χ4n) is 5.00. The van der Waals surface area contributed by atoms with E-state index >= 15 is 0 Å². The number of hydrogen-bond acceptors (Lipinski definition) is 7. The number of sulfone groups is 1. The van der Waals surface area contributed by atoms with E-state index in [9.17, 15) is 16.8 Å². The molecule has 2 aliphatic heterocycles. The van der Waals surface area contributed by atoms with Crippen molar-refractivity contribution < 1.29 is 21.6 Å². The van der Waals surface area contributed by atoms with Crippen molar-refractivity contribution in [1.82, 2.24) is 10.0 Å². The number of sulfonamides is 1. The molecule has 0 spiro atoms. The summed E-state index contributed by atoms with van der Waals surface area (Å²) in [5.74, 6) is -0.0916. The van der Waals surface area contributed by atoms with Crippen LogP contribution in [0.2, 0.25) is 0 Å². The minimum Gasteiger partial charge on any atom is -0.381 e. The normalized spacial score (nSPS) is 22.2. The van der Waals surface area contributed by atoms with E-state index in [1.54, 1.807) is 18.2 Å². The van der Waals surface area contributed by atoms with E-state index in [1.807, 2.05) is 26.0 Å². The number of piperazine rings is 1. The summed E-state index contributed by atoms with van der Waals surface area (Å²) in [5.41, 5.74) is 1.55. The average molecular weight is 536 g/mol. The summed E-state index contributed by atoms with van der Waals surface area (Å²) in [4.78, 5) is 2.37. The van der Waals surface area contributed by atoms with Crippen molar-refractivity contribution in [2.24, 2.45) is 0 Å².